The van der Waals surface area contributed by atoms with E-state index in [1.54, 1.807) is 0 Å². The van der Waals surface area contributed by atoms with E-state index in [9.17, 15) is 9.59 Å². The number of hydrogen-bond donors (Lipinski definition) is 1. The summed E-state index contributed by atoms with van der Waals surface area (Å²) < 4.78 is 5.68. The zero-order valence-corrected chi connectivity index (χ0v) is 16.6. The van der Waals surface area contributed by atoms with E-state index >= 15 is 0 Å². The zero-order valence-electron chi connectivity index (χ0n) is 16.6. The van der Waals surface area contributed by atoms with Gasteiger partial charge in [0, 0.05) is 12.8 Å². The summed E-state index contributed by atoms with van der Waals surface area (Å²) in [6.45, 7) is 4.43. The third kappa shape index (κ3) is 17.6. The van der Waals surface area contributed by atoms with Crippen LogP contribution in [0.2, 0.25) is 0 Å². The Balaban J connectivity index is 4.03. The Hall–Kier alpha value is -1.06. The number of carboxylic acids is 1. The standard InChI is InChI=1S/C21H40O4/c1-3-5-7-9-11-15-19(16-12-10-8-6-4-2)25-21(24)18-14-13-17-20(22)23/h19H,3-18H2,1-2H3,(H,22,23). The maximum absolute atomic E-state index is 12.0. The average Bonchev–Trinajstić information content (AvgIpc) is 2.58. The summed E-state index contributed by atoms with van der Waals surface area (Å²) >= 11 is 0. The number of carbonyl (C=O) groups is 2. The molecule has 4 nitrogen and oxygen atoms in total. The molecule has 0 amide bonds. The van der Waals surface area contributed by atoms with Crippen LogP contribution in [0, 0.1) is 0 Å². The Labute approximate surface area is 154 Å². The topological polar surface area (TPSA) is 63.6 Å². The van der Waals surface area contributed by atoms with Gasteiger partial charge in [-0.25, -0.2) is 0 Å². The molecule has 0 aliphatic carbocycles. The molecule has 0 saturated heterocycles. The molecule has 0 aromatic rings. The van der Waals surface area contributed by atoms with Crippen LogP contribution < -0.4 is 0 Å². The second kappa shape index (κ2) is 17.8. The van der Waals surface area contributed by atoms with Crippen LogP contribution in [0.1, 0.15) is 117 Å². The van der Waals surface area contributed by atoms with Gasteiger partial charge in [-0.2, -0.15) is 0 Å². The molecule has 0 fully saturated rings. The molecule has 0 aromatic heterocycles. The Bertz CT molecular complexity index is 314. The molecule has 0 radical (unpaired) electrons. The molecule has 0 aliphatic heterocycles. The van der Waals surface area contributed by atoms with Gasteiger partial charge >= 0.3 is 11.9 Å². The van der Waals surface area contributed by atoms with Crippen LogP contribution in [0.25, 0.3) is 0 Å². The van der Waals surface area contributed by atoms with E-state index in [0.717, 1.165) is 25.7 Å². The Morgan fingerprint density at radius 3 is 1.68 bits per heavy atom. The van der Waals surface area contributed by atoms with Crippen LogP contribution >= 0.6 is 0 Å². The van der Waals surface area contributed by atoms with E-state index in [1.807, 2.05) is 0 Å². The number of esters is 1. The van der Waals surface area contributed by atoms with Gasteiger partial charge in [0.05, 0.1) is 0 Å². The van der Waals surface area contributed by atoms with E-state index in [2.05, 4.69) is 13.8 Å². The predicted molar refractivity (Wildman–Crippen MR) is 103 cm³/mol. The highest BCUT2D eigenvalue weighted by atomic mass is 16.5. The molecule has 25 heavy (non-hydrogen) atoms. The van der Waals surface area contributed by atoms with Crippen LogP contribution in [-0.2, 0) is 14.3 Å². The fourth-order valence-electron chi connectivity index (χ4n) is 3.00. The number of ether oxygens (including phenoxy) is 1. The minimum absolute atomic E-state index is 0.0511. The van der Waals surface area contributed by atoms with Crippen LogP contribution in [0.15, 0.2) is 0 Å². The van der Waals surface area contributed by atoms with E-state index in [-0.39, 0.29) is 18.5 Å². The number of rotatable bonds is 18. The maximum atomic E-state index is 12.0. The van der Waals surface area contributed by atoms with Crippen molar-refractivity contribution < 1.29 is 19.4 Å². The molecule has 0 aromatic carbocycles. The van der Waals surface area contributed by atoms with Gasteiger partial charge in [0.1, 0.15) is 6.10 Å². The van der Waals surface area contributed by atoms with Gasteiger partial charge in [-0.1, -0.05) is 65.2 Å². The molecule has 0 aliphatic rings. The first-order valence-electron chi connectivity index (χ1n) is 10.5. The lowest BCUT2D eigenvalue weighted by molar-refractivity contribution is -0.150. The molecule has 0 bridgehead atoms. The second-order valence-electron chi connectivity index (χ2n) is 7.12. The molecular formula is C21H40O4. The summed E-state index contributed by atoms with van der Waals surface area (Å²) in [5, 5.41) is 8.63. The van der Waals surface area contributed by atoms with Crippen LogP contribution in [0.5, 0.6) is 0 Å². The molecular weight excluding hydrogens is 316 g/mol. The zero-order chi connectivity index (χ0) is 18.8. The summed E-state index contributed by atoms with van der Waals surface area (Å²) in [7, 11) is 0. The third-order valence-electron chi connectivity index (χ3n) is 4.58. The van der Waals surface area contributed by atoms with Gasteiger partial charge in [-0.3, -0.25) is 9.59 Å². The van der Waals surface area contributed by atoms with Crippen molar-refractivity contribution in [2.24, 2.45) is 0 Å². The fraction of sp³-hybridized carbons (Fsp3) is 0.905. The van der Waals surface area contributed by atoms with Crippen molar-refractivity contribution in [1.82, 2.24) is 0 Å². The second-order valence-corrected chi connectivity index (χ2v) is 7.12. The van der Waals surface area contributed by atoms with Crippen molar-refractivity contribution in [1.29, 1.82) is 0 Å². The molecule has 0 spiro atoms. The van der Waals surface area contributed by atoms with Gasteiger partial charge in [0.15, 0.2) is 0 Å². The molecule has 0 saturated carbocycles. The molecule has 1 N–H and O–H groups in total. The highest BCUT2D eigenvalue weighted by Crippen LogP contribution is 2.17. The first-order valence-corrected chi connectivity index (χ1v) is 10.5. The first-order chi connectivity index (χ1) is 12.1. The first kappa shape index (κ1) is 23.9. The van der Waals surface area contributed by atoms with Gasteiger partial charge in [0.2, 0.25) is 0 Å². The number of unbranched alkanes of at least 4 members (excludes halogenated alkanes) is 9. The fourth-order valence-corrected chi connectivity index (χ4v) is 3.00. The van der Waals surface area contributed by atoms with Gasteiger partial charge < -0.3 is 9.84 Å². The SMILES string of the molecule is CCCCCCCC(CCCCCCC)OC(=O)CCCCC(=O)O. The maximum Gasteiger partial charge on any atom is 0.306 e. The van der Waals surface area contributed by atoms with Crippen LogP contribution in [-0.4, -0.2) is 23.1 Å². The molecule has 148 valence electrons. The third-order valence-corrected chi connectivity index (χ3v) is 4.58. The monoisotopic (exact) mass is 356 g/mol. The largest absolute Gasteiger partial charge is 0.481 e. The Morgan fingerprint density at radius 1 is 0.720 bits per heavy atom. The van der Waals surface area contributed by atoms with Crippen molar-refractivity contribution in [3.05, 3.63) is 0 Å². The van der Waals surface area contributed by atoms with Gasteiger partial charge in [0.25, 0.3) is 0 Å². The van der Waals surface area contributed by atoms with Crippen molar-refractivity contribution in [2.45, 2.75) is 123 Å². The number of hydrogen-bond acceptors (Lipinski definition) is 3. The van der Waals surface area contributed by atoms with Crippen molar-refractivity contribution >= 4 is 11.9 Å². The van der Waals surface area contributed by atoms with E-state index in [0.29, 0.717) is 19.3 Å². The van der Waals surface area contributed by atoms with E-state index < -0.39 is 5.97 Å². The highest BCUT2D eigenvalue weighted by Gasteiger charge is 2.14. The minimum atomic E-state index is -0.801. The summed E-state index contributed by atoms with van der Waals surface area (Å²) in [5.41, 5.74) is 0. The normalized spacial score (nSPS) is 11.0. The summed E-state index contributed by atoms with van der Waals surface area (Å²) in [6, 6.07) is 0. The lowest BCUT2D eigenvalue weighted by Crippen LogP contribution is -2.18. The highest BCUT2D eigenvalue weighted by molar-refractivity contribution is 5.70. The van der Waals surface area contributed by atoms with Crippen molar-refractivity contribution in [2.75, 3.05) is 0 Å². The van der Waals surface area contributed by atoms with Gasteiger partial charge in [-0.05, 0) is 38.5 Å². The molecule has 0 unspecified atom stereocenters. The minimum Gasteiger partial charge on any atom is -0.481 e. The van der Waals surface area contributed by atoms with Crippen molar-refractivity contribution in [3.63, 3.8) is 0 Å². The van der Waals surface area contributed by atoms with E-state index in [4.69, 9.17) is 9.84 Å². The smallest absolute Gasteiger partial charge is 0.306 e. The van der Waals surface area contributed by atoms with Crippen molar-refractivity contribution in [3.8, 4) is 0 Å². The van der Waals surface area contributed by atoms with Gasteiger partial charge in [-0.15, -0.1) is 0 Å². The number of aliphatic carboxylic acids is 1. The molecule has 0 heterocycles. The lowest BCUT2D eigenvalue weighted by Gasteiger charge is -2.18. The molecule has 4 heteroatoms. The van der Waals surface area contributed by atoms with Crippen LogP contribution in [0.4, 0.5) is 0 Å². The average molecular weight is 357 g/mol. The quantitative estimate of drug-likeness (QED) is 0.232. The summed E-state index contributed by atoms with van der Waals surface area (Å²) in [6.07, 6.45) is 15.9. The summed E-state index contributed by atoms with van der Waals surface area (Å²) in [5.74, 6) is -0.956. The summed E-state index contributed by atoms with van der Waals surface area (Å²) in [4.78, 5) is 22.5. The Morgan fingerprint density at radius 2 is 1.20 bits per heavy atom. The number of carboxylic acid groups (broad SMARTS) is 1. The van der Waals surface area contributed by atoms with Crippen LogP contribution in [0.3, 0.4) is 0 Å². The lowest BCUT2D eigenvalue weighted by atomic mass is 10.0. The van der Waals surface area contributed by atoms with E-state index in [1.165, 1.54) is 51.4 Å². The predicted octanol–water partition coefficient (Wildman–Crippen LogP) is 6.26. The molecule has 0 rings (SSSR count). The molecule has 0 atom stereocenters. The number of carbonyl (C=O) groups excluding carboxylic acids is 1. The Kier molecular flexibility index (Phi) is 17.0.